The molecule has 2 atom stereocenters. The van der Waals surface area contributed by atoms with Gasteiger partial charge in [-0.3, -0.25) is 0 Å². The fourth-order valence-electron chi connectivity index (χ4n) is 2.76. The number of ether oxygens (including phenoxy) is 1. The highest BCUT2D eigenvalue weighted by Crippen LogP contribution is 2.43. The second-order valence-corrected chi connectivity index (χ2v) is 6.44. The van der Waals surface area contributed by atoms with E-state index in [1.807, 2.05) is 0 Å². The minimum Gasteiger partial charge on any atom is -0.490 e. The lowest BCUT2D eigenvalue weighted by molar-refractivity contribution is 0.211. The zero-order valence-corrected chi connectivity index (χ0v) is 10.8. The third-order valence-electron chi connectivity index (χ3n) is 3.63. The summed E-state index contributed by atoms with van der Waals surface area (Å²) in [6.45, 7) is 0. The predicted octanol–water partition coefficient (Wildman–Crippen LogP) is 3.31. The van der Waals surface area contributed by atoms with Gasteiger partial charge < -0.3 is 4.74 Å². The molecule has 2 nitrogen and oxygen atoms in total. The van der Waals surface area contributed by atoms with E-state index in [0.717, 1.165) is 42.7 Å². The molecule has 2 unspecified atom stereocenters. The number of nitrogens with zero attached hydrogens (tertiary/aromatic N) is 1. The molecule has 94 valence electrons. The van der Waals surface area contributed by atoms with Crippen LogP contribution in [0.4, 0.5) is 4.39 Å². The molecule has 1 saturated heterocycles. The third-order valence-corrected chi connectivity index (χ3v) is 5.14. The van der Waals surface area contributed by atoms with Gasteiger partial charge in [0.1, 0.15) is 22.4 Å². The van der Waals surface area contributed by atoms with Crippen molar-refractivity contribution in [2.24, 2.45) is 0 Å². The van der Waals surface area contributed by atoms with Crippen molar-refractivity contribution >= 4 is 11.8 Å². The molecule has 0 amide bonds. The number of rotatable bonds is 2. The van der Waals surface area contributed by atoms with Crippen LogP contribution in [0.2, 0.25) is 0 Å². The van der Waals surface area contributed by atoms with Gasteiger partial charge in [-0.1, -0.05) is 0 Å². The Balaban J connectivity index is 1.73. The van der Waals surface area contributed by atoms with Gasteiger partial charge in [-0.25, -0.2) is 4.39 Å². The highest BCUT2D eigenvalue weighted by Gasteiger charge is 2.39. The van der Waals surface area contributed by atoms with Crippen LogP contribution in [0.3, 0.4) is 0 Å². The first-order valence-corrected chi connectivity index (χ1v) is 7.20. The molecule has 1 aromatic carbocycles. The van der Waals surface area contributed by atoms with Crippen molar-refractivity contribution in [2.75, 3.05) is 5.75 Å². The average molecular weight is 263 g/mol. The second-order valence-electron chi connectivity index (χ2n) is 4.96. The van der Waals surface area contributed by atoms with Gasteiger partial charge in [0, 0.05) is 18.4 Å². The molecule has 0 bridgehead atoms. The van der Waals surface area contributed by atoms with Crippen LogP contribution >= 0.6 is 11.8 Å². The molecule has 2 aliphatic rings. The van der Waals surface area contributed by atoms with Crippen LogP contribution in [0.25, 0.3) is 0 Å². The highest BCUT2D eigenvalue weighted by molar-refractivity contribution is 8.01. The van der Waals surface area contributed by atoms with Gasteiger partial charge >= 0.3 is 0 Å². The maximum atomic E-state index is 13.1. The van der Waals surface area contributed by atoms with E-state index in [1.54, 1.807) is 17.8 Å². The second kappa shape index (κ2) is 4.47. The summed E-state index contributed by atoms with van der Waals surface area (Å²) in [7, 11) is 0. The number of hydrogen-bond acceptors (Lipinski definition) is 3. The number of nitriles is 1. The van der Waals surface area contributed by atoms with E-state index >= 15 is 0 Å². The van der Waals surface area contributed by atoms with E-state index in [2.05, 4.69) is 6.07 Å². The van der Waals surface area contributed by atoms with Crippen molar-refractivity contribution in [3.63, 3.8) is 0 Å². The Labute approximate surface area is 110 Å². The number of benzene rings is 1. The van der Waals surface area contributed by atoms with Gasteiger partial charge in [-0.05, 0) is 36.8 Å². The molecule has 2 aliphatic heterocycles. The molecule has 18 heavy (non-hydrogen) atoms. The van der Waals surface area contributed by atoms with Crippen molar-refractivity contribution in [3.05, 3.63) is 29.6 Å². The van der Waals surface area contributed by atoms with Gasteiger partial charge in [0.05, 0.1) is 6.07 Å². The first-order valence-electron chi connectivity index (χ1n) is 6.21. The fourth-order valence-corrected chi connectivity index (χ4v) is 4.10. The lowest BCUT2D eigenvalue weighted by atomic mass is 9.95. The third kappa shape index (κ3) is 2.08. The molecule has 0 N–H and O–H groups in total. The largest absolute Gasteiger partial charge is 0.490 e. The number of hydrogen-bond donors (Lipinski definition) is 0. The molecule has 1 fully saturated rings. The van der Waals surface area contributed by atoms with Crippen molar-refractivity contribution < 1.29 is 9.13 Å². The summed E-state index contributed by atoms with van der Waals surface area (Å²) >= 11 is 1.74. The van der Waals surface area contributed by atoms with Crippen LogP contribution < -0.4 is 4.74 Å². The molecule has 0 aliphatic carbocycles. The van der Waals surface area contributed by atoms with E-state index in [0.29, 0.717) is 0 Å². The van der Waals surface area contributed by atoms with Crippen LogP contribution in [-0.2, 0) is 6.42 Å². The smallest absolute Gasteiger partial charge is 0.123 e. The first-order chi connectivity index (χ1) is 8.71. The Morgan fingerprint density at radius 1 is 1.56 bits per heavy atom. The first kappa shape index (κ1) is 11.9. The summed E-state index contributed by atoms with van der Waals surface area (Å²) in [6, 6.07) is 7.10. The van der Waals surface area contributed by atoms with E-state index in [1.165, 1.54) is 12.1 Å². The topological polar surface area (TPSA) is 33.0 Å². The van der Waals surface area contributed by atoms with Crippen LogP contribution in [0.5, 0.6) is 5.75 Å². The van der Waals surface area contributed by atoms with Crippen molar-refractivity contribution in [1.82, 2.24) is 0 Å². The van der Waals surface area contributed by atoms with Crippen LogP contribution in [0.15, 0.2) is 18.2 Å². The van der Waals surface area contributed by atoms with Crippen LogP contribution in [0.1, 0.15) is 24.8 Å². The van der Waals surface area contributed by atoms with Crippen molar-refractivity contribution in [2.45, 2.75) is 36.5 Å². The lowest BCUT2D eigenvalue weighted by Gasteiger charge is -2.22. The zero-order chi connectivity index (χ0) is 12.6. The monoisotopic (exact) mass is 263 g/mol. The Bertz CT molecular complexity index is 505. The van der Waals surface area contributed by atoms with Gasteiger partial charge in [-0.2, -0.15) is 5.26 Å². The summed E-state index contributed by atoms with van der Waals surface area (Å²) < 4.78 is 18.7. The Morgan fingerprint density at radius 3 is 3.17 bits per heavy atom. The fraction of sp³-hybridized carbons (Fsp3) is 0.500. The summed E-state index contributed by atoms with van der Waals surface area (Å²) in [5.41, 5.74) is 0.927. The van der Waals surface area contributed by atoms with Gasteiger partial charge in [0.25, 0.3) is 0 Å². The lowest BCUT2D eigenvalue weighted by Crippen LogP contribution is -2.28. The zero-order valence-electron chi connectivity index (χ0n) is 9.99. The quantitative estimate of drug-likeness (QED) is 0.820. The SMILES string of the molecule is N#CC1(CC2Cc3cc(F)ccc3O2)CCCS1. The number of halogens is 1. The molecular weight excluding hydrogens is 249 g/mol. The maximum absolute atomic E-state index is 13.1. The Hall–Kier alpha value is -1.21. The molecule has 0 spiro atoms. The van der Waals surface area contributed by atoms with Crippen molar-refractivity contribution in [3.8, 4) is 11.8 Å². The molecule has 3 rings (SSSR count). The van der Waals surface area contributed by atoms with E-state index in [4.69, 9.17) is 4.74 Å². The molecule has 4 heteroatoms. The van der Waals surface area contributed by atoms with Crippen molar-refractivity contribution in [1.29, 1.82) is 5.26 Å². The summed E-state index contributed by atoms with van der Waals surface area (Å²) in [6.07, 6.45) is 3.53. The molecule has 1 aromatic rings. The van der Waals surface area contributed by atoms with Crippen LogP contribution in [0, 0.1) is 17.1 Å². The summed E-state index contributed by atoms with van der Waals surface area (Å²) in [5.74, 6) is 1.61. The van der Waals surface area contributed by atoms with Gasteiger partial charge in [0.15, 0.2) is 0 Å². The van der Waals surface area contributed by atoms with E-state index in [9.17, 15) is 9.65 Å². The number of fused-ring (bicyclic) bond motifs is 1. The summed E-state index contributed by atoms with van der Waals surface area (Å²) in [5, 5.41) is 9.35. The Morgan fingerprint density at radius 2 is 2.44 bits per heavy atom. The van der Waals surface area contributed by atoms with E-state index < -0.39 is 0 Å². The Kier molecular flexibility index (Phi) is 2.95. The standard InChI is InChI=1S/C14H14FNOS/c15-11-2-3-13-10(6-11)7-12(17-13)8-14(9-16)4-1-5-18-14/h2-3,6,12H,1,4-5,7-8H2. The van der Waals surface area contributed by atoms with Gasteiger partial charge in [0.2, 0.25) is 0 Å². The molecule has 0 aromatic heterocycles. The molecule has 2 heterocycles. The summed E-state index contributed by atoms with van der Waals surface area (Å²) in [4.78, 5) is 0. The minimum absolute atomic E-state index is 0.0204. The molecular formula is C14H14FNOS. The predicted molar refractivity (Wildman–Crippen MR) is 69.2 cm³/mol. The van der Waals surface area contributed by atoms with E-state index in [-0.39, 0.29) is 16.7 Å². The average Bonchev–Trinajstić information content (AvgIpc) is 2.96. The van der Waals surface area contributed by atoms with Gasteiger partial charge in [-0.15, -0.1) is 11.8 Å². The maximum Gasteiger partial charge on any atom is 0.123 e. The minimum atomic E-state index is -0.286. The molecule has 0 radical (unpaired) electrons. The molecule has 0 saturated carbocycles. The normalized spacial score (nSPS) is 29.7. The van der Waals surface area contributed by atoms with Crippen LogP contribution in [-0.4, -0.2) is 16.6 Å². The highest BCUT2D eigenvalue weighted by atomic mass is 32.2. The number of thioether (sulfide) groups is 1.